The van der Waals surface area contributed by atoms with Gasteiger partial charge in [-0.2, -0.15) is 0 Å². The van der Waals surface area contributed by atoms with Crippen LogP contribution in [0.25, 0.3) is 0 Å². The largest absolute Gasteiger partial charge is 0.477 e. The van der Waals surface area contributed by atoms with E-state index in [0.717, 1.165) is 24.1 Å². The summed E-state index contributed by atoms with van der Waals surface area (Å²) in [6.45, 7) is 5.77. The first-order valence-electron chi connectivity index (χ1n) is 10.1. The third kappa shape index (κ3) is 3.79. The molecule has 0 aromatic carbocycles. The predicted molar refractivity (Wildman–Crippen MR) is 105 cm³/mol. The molecule has 2 aliphatic heterocycles. The summed E-state index contributed by atoms with van der Waals surface area (Å²) in [6.07, 6.45) is 5.87. The molecular formula is C21H25N5O3. The van der Waals surface area contributed by atoms with Crippen molar-refractivity contribution in [3.05, 3.63) is 47.2 Å². The van der Waals surface area contributed by atoms with Crippen molar-refractivity contribution in [3.8, 4) is 5.88 Å². The summed E-state index contributed by atoms with van der Waals surface area (Å²) in [5.41, 5.74) is 2.43. The van der Waals surface area contributed by atoms with Crippen molar-refractivity contribution in [1.29, 1.82) is 0 Å². The summed E-state index contributed by atoms with van der Waals surface area (Å²) in [5.74, 6) is 0.996. The number of carbonyl (C=O) groups is 2. The lowest BCUT2D eigenvalue weighted by Crippen LogP contribution is -2.36. The summed E-state index contributed by atoms with van der Waals surface area (Å²) in [5, 5.41) is 0. The number of hydrogen-bond donors (Lipinski definition) is 0. The van der Waals surface area contributed by atoms with Crippen molar-refractivity contribution in [1.82, 2.24) is 24.8 Å². The number of nitrogens with zero attached hydrogens (tertiary/aromatic N) is 5. The van der Waals surface area contributed by atoms with Gasteiger partial charge in [-0.1, -0.05) is 0 Å². The van der Waals surface area contributed by atoms with Crippen molar-refractivity contribution >= 4 is 11.8 Å². The van der Waals surface area contributed by atoms with Crippen LogP contribution in [-0.4, -0.2) is 56.3 Å². The highest BCUT2D eigenvalue weighted by molar-refractivity contribution is 5.96. The Kier molecular flexibility index (Phi) is 5.42. The first-order chi connectivity index (χ1) is 14.1. The van der Waals surface area contributed by atoms with Crippen LogP contribution in [-0.2, 0) is 17.8 Å². The van der Waals surface area contributed by atoms with Gasteiger partial charge in [-0.15, -0.1) is 0 Å². The number of rotatable bonds is 4. The van der Waals surface area contributed by atoms with Crippen molar-refractivity contribution in [2.45, 2.75) is 45.7 Å². The van der Waals surface area contributed by atoms with E-state index >= 15 is 0 Å². The van der Waals surface area contributed by atoms with Gasteiger partial charge in [-0.05, 0) is 31.9 Å². The first-order valence-corrected chi connectivity index (χ1v) is 10.1. The zero-order chi connectivity index (χ0) is 20.4. The molecule has 0 spiro atoms. The van der Waals surface area contributed by atoms with E-state index in [0.29, 0.717) is 49.9 Å². The summed E-state index contributed by atoms with van der Waals surface area (Å²) in [4.78, 5) is 42.1. The van der Waals surface area contributed by atoms with Gasteiger partial charge in [0.2, 0.25) is 11.8 Å². The standard InChI is InChI=1S/C21H25N5O3/c1-3-29-20-16(6-4-9-22-20)21(28)26-10-5-7-18(26)19-23-12-15-13-25(14(2)27)11-8-17(15)24-19/h4,6,9,12,18H,3,5,7-8,10-11,13H2,1-2H3/t18-/m1/s1. The van der Waals surface area contributed by atoms with Crippen LogP contribution in [0.2, 0.25) is 0 Å². The smallest absolute Gasteiger partial charge is 0.259 e. The normalized spacial score (nSPS) is 18.5. The van der Waals surface area contributed by atoms with Crippen LogP contribution in [0.5, 0.6) is 5.88 Å². The number of aromatic nitrogens is 3. The minimum Gasteiger partial charge on any atom is -0.477 e. The molecule has 8 heteroatoms. The van der Waals surface area contributed by atoms with Gasteiger partial charge in [-0.3, -0.25) is 9.59 Å². The van der Waals surface area contributed by atoms with Gasteiger partial charge in [0.05, 0.1) is 18.3 Å². The molecule has 29 heavy (non-hydrogen) atoms. The van der Waals surface area contributed by atoms with Gasteiger partial charge in [0.25, 0.3) is 5.91 Å². The molecule has 2 amide bonds. The van der Waals surface area contributed by atoms with Crippen molar-refractivity contribution in [2.24, 2.45) is 0 Å². The Morgan fingerprint density at radius 2 is 2.14 bits per heavy atom. The molecule has 0 aliphatic carbocycles. The second kappa shape index (κ2) is 8.14. The van der Waals surface area contributed by atoms with Crippen LogP contribution in [0.3, 0.4) is 0 Å². The molecule has 0 bridgehead atoms. The third-order valence-corrected chi connectivity index (χ3v) is 5.49. The zero-order valence-corrected chi connectivity index (χ0v) is 16.8. The van der Waals surface area contributed by atoms with E-state index in [1.165, 1.54) is 0 Å². The molecule has 1 fully saturated rings. The molecule has 2 aliphatic rings. The van der Waals surface area contributed by atoms with E-state index < -0.39 is 0 Å². The SMILES string of the molecule is CCOc1ncccc1C(=O)N1CCC[C@@H]1c1ncc2c(n1)CCN(C(C)=O)C2. The molecular weight excluding hydrogens is 370 g/mol. The Labute approximate surface area is 169 Å². The van der Waals surface area contributed by atoms with Crippen LogP contribution < -0.4 is 4.74 Å². The molecule has 1 atom stereocenters. The molecule has 1 saturated heterocycles. The number of fused-ring (bicyclic) bond motifs is 1. The quantitative estimate of drug-likeness (QED) is 0.788. The molecule has 8 nitrogen and oxygen atoms in total. The molecule has 2 aromatic heterocycles. The van der Waals surface area contributed by atoms with Gasteiger partial charge >= 0.3 is 0 Å². The average Bonchev–Trinajstić information content (AvgIpc) is 3.23. The van der Waals surface area contributed by atoms with Gasteiger partial charge in [-0.25, -0.2) is 15.0 Å². The topological polar surface area (TPSA) is 88.5 Å². The summed E-state index contributed by atoms with van der Waals surface area (Å²) >= 11 is 0. The molecule has 2 aromatic rings. The fourth-order valence-electron chi connectivity index (χ4n) is 4.00. The second-order valence-electron chi connectivity index (χ2n) is 7.34. The molecule has 152 valence electrons. The van der Waals surface area contributed by atoms with E-state index in [2.05, 4.69) is 9.97 Å². The fraction of sp³-hybridized carbons (Fsp3) is 0.476. The Bertz CT molecular complexity index is 932. The highest BCUT2D eigenvalue weighted by Gasteiger charge is 2.34. The van der Waals surface area contributed by atoms with Crippen molar-refractivity contribution in [3.63, 3.8) is 0 Å². The first kappa shape index (κ1) is 19.3. The van der Waals surface area contributed by atoms with E-state index in [-0.39, 0.29) is 17.9 Å². The molecule has 0 radical (unpaired) electrons. The van der Waals surface area contributed by atoms with Crippen LogP contribution in [0.1, 0.15) is 60.2 Å². The van der Waals surface area contributed by atoms with Gasteiger partial charge in [0.1, 0.15) is 5.56 Å². The fourth-order valence-corrected chi connectivity index (χ4v) is 4.00. The van der Waals surface area contributed by atoms with Crippen molar-refractivity contribution in [2.75, 3.05) is 19.7 Å². The molecule has 0 unspecified atom stereocenters. The predicted octanol–water partition coefficient (Wildman–Crippen LogP) is 2.15. The van der Waals surface area contributed by atoms with Gasteiger partial charge in [0, 0.05) is 50.9 Å². The van der Waals surface area contributed by atoms with E-state index in [1.807, 2.05) is 18.0 Å². The lowest BCUT2D eigenvalue weighted by atomic mass is 10.1. The maximum absolute atomic E-state index is 13.2. The lowest BCUT2D eigenvalue weighted by molar-refractivity contribution is -0.129. The lowest BCUT2D eigenvalue weighted by Gasteiger charge is -2.29. The molecule has 0 saturated carbocycles. The molecule has 0 N–H and O–H groups in total. The minimum absolute atomic E-state index is 0.0638. The zero-order valence-electron chi connectivity index (χ0n) is 16.8. The van der Waals surface area contributed by atoms with Crippen LogP contribution in [0, 0.1) is 0 Å². The van der Waals surface area contributed by atoms with Crippen LogP contribution in [0.4, 0.5) is 0 Å². The Hall–Kier alpha value is -3.03. The number of hydrogen-bond acceptors (Lipinski definition) is 6. The molecule has 4 heterocycles. The number of likely N-dealkylation sites (tertiary alicyclic amines) is 1. The number of ether oxygens (including phenoxy) is 1. The average molecular weight is 395 g/mol. The summed E-state index contributed by atoms with van der Waals surface area (Å²) in [6, 6.07) is 3.34. The van der Waals surface area contributed by atoms with Gasteiger partial charge < -0.3 is 14.5 Å². The summed E-state index contributed by atoms with van der Waals surface area (Å²) < 4.78 is 5.54. The van der Waals surface area contributed by atoms with Crippen LogP contribution in [0.15, 0.2) is 24.5 Å². The van der Waals surface area contributed by atoms with E-state index in [1.54, 1.807) is 30.2 Å². The Balaban J connectivity index is 1.58. The van der Waals surface area contributed by atoms with Gasteiger partial charge in [0.15, 0.2) is 5.82 Å². The number of amides is 2. The number of carbonyl (C=O) groups excluding carboxylic acids is 2. The third-order valence-electron chi connectivity index (χ3n) is 5.49. The maximum atomic E-state index is 13.2. The summed E-state index contributed by atoms with van der Waals surface area (Å²) in [7, 11) is 0. The molecule has 4 rings (SSSR count). The minimum atomic E-state index is -0.159. The van der Waals surface area contributed by atoms with E-state index in [9.17, 15) is 9.59 Å². The number of pyridine rings is 1. The second-order valence-corrected chi connectivity index (χ2v) is 7.34. The Morgan fingerprint density at radius 1 is 1.28 bits per heavy atom. The maximum Gasteiger partial charge on any atom is 0.259 e. The monoisotopic (exact) mass is 395 g/mol. The van der Waals surface area contributed by atoms with Crippen LogP contribution >= 0.6 is 0 Å². The van der Waals surface area contributed by atoms with E-state index in [4.69, 9.17) is 9.72 Å². The van der Waals surface area contributed by atoms with Crippen molar-refractivity contribution < 1.29 is 14.3 Å². The Morgan fingerprint density at radius 3 is 2.93 bits per heavy atom. The highest BCUT2D eigenvalue weighted by atomic mass is 16.5. The highest BCUT2D eigenvalue weighted by Crippen LogP contribution is 2.33.